The fourth-order valence-electron chi connectivity index (χ4n) is 2.63. The lowest BCUT2D eigenvalue weighted by Crippen LogP contribution is -2.15. The highest BCUT2D eigenvalue weighted by Crippen LogP contribution is 2.30. The molecular weight excluding hydrogens is 508 g/mol. The summed E-state index contributed by atoms with van der Waals surface area (Å²) in [5, 5.41) is 14.1. The minimum absolute atomic E-state index is 0.0259. The Bertz CT molecular complexity index is 1230. The molecule has 0 unspecified atom stereocenters. The molecule has 0 atom stereocenters. The lowest BCUT2D eigenvalue weighted by Gasteiger charge is -2.11. The van der Waals surface area contributed by atoms with Crippen LogP contribution in [-0.2, 0) is 24.4 Å². The van der Waals surface area contributed by atoms with Crippen molar-refractivity contribution in [2.45, 2.75) is 17.7 Å². The van der Waals surface area contributed by atoms with Crippen LogP contribution in [0.1, 0.15) is 28.8 Å². The van der Waals surface area contributed by atoms with E-state index in [0.717, 1.165) is 6.07 Å². The number of nitrogens with two attached hydrogens (primary N) is 1. The zero-order chi connectivity index (χ0) is 26.0. The molecule has 0 aliphatic carbocycles. The summed E-state index contributed by atoms with van der Waals surface area (Å²) in [4.78, 5) is 37.8. The quantitative estimate of drug-likeness (QED) is 0.142. The minimum atomic E-state index is -4.14. The highest BCUT2D eigenvalue weighted by molar-refractivity contribution is 7.89. The van der Waals surface area contributed by atoms with Crippen molar-refractivity contribution < 1.29 is 42.1 Å². The van der Waals surface area contributed by atoms with Crippen LogP contribution in [0.15, 0.2) is 47.4 Å². The Labute approximate surface area is 205 Å². The van der Waals surface area contributed by atoms with Crippen molar-refractivity contribution in [1.82, 2.24) is 0 Å². The fraction of sp³-hybridized carbons (Fsp3) is 0.238. The molecule has 12 nitrogen and oxygen atoms in total. The maximum absolute atomic E-state index is 12.5. The third-order valence-corrected chi connectivity index (χ3v) is 5.63. The van der Waals surface area contributed by atoms with E-state index in [1.54, 1.807) is 24.3 Å². The number of halogens is 1. The van der Waals surface area contributed by atoms with Gasteiger partial charge in [0.2, 0.25) is 10.0 Å². The molecule has 188 valence electrons. The monoisotopic (exact) mass is 528 g/mol. The number of methoxy groups -OCH3 is 1. The molecule has 2 aromatic rings. The maximum Gasteiger partial charge on any atom is 0.343 e. The van der Waals surface area contributed by atoms with Gasteiger partial charge in [-0.2, -0.15) is 0 Å². The van der Waals surface area contributed by atoms with Crippen LogP contribution in [-0.4, -0.2) is 45.8 Å². The van der Waals surface area contributed by atoms with E-state index >= 15 is 0 Å². The molecule has 0 aliphatic rings. The summed E-state index contributed by atoms with van der Waals surface area (Å²) in [5.41, 5.74) is 0.552. The van der Waals surface area contributed by atoms with Gasteiger partial charge in [0.1, 0.15) is 11.5 Å². The van der Waals surface area contributed by atoms with Crippen molar-refractivity contribution in [2.24, 2.45) is 5.14 Å². The predicted octanol–water partition coefficient (Wildman–Crippen LogP) is 2.76. The Hall–Kier alpha value is -3.68. The van der Waals surface area contributed by atoms with Crippen LogP contribution in [0.4, 0.5) is 0 Å². The van der Waals surface area contributed by atoms with Gasteiger partial charge in [0.05, 0.1) is 24.3 Å². The molecule has 0 aliphatic heterocycles. The van der Waals surface area contributed by atoms with E-state index < -0.39 is 31.9 Å². The second-order valence-electron chi connectivity index (χ2n) is 6.74. The number of ether oxygens (including phenoxy) is 3. The molecule has 2 aromatic carbocycles. The third kappa shape index (κ3) is 8.88. The number of esters is 2. The normalized spacial score (nSPS) is 11.2. The smallest absolute Gasteiger partial charge is 0.343 e. The Kier molecular flexibility index (Phi) is 9.99. The minimum Gasteiger partial charge on any atom is -0.493 e. The van der Waals surface area contributed by atoms with E-state index in [4.69, 9.17) is 31.0 Å². The average Bonchev–Trinajstić information content (AvgIpc) is 2.79. The number of carbonyl (C=O) groups excluding carboxylic acids is 2. The van der Waals surface area contributed by atoms with E-state index in [1.165, 1.54) is 25.3 Å². The molecule has 0 bridgehead atoms. The van der Waals surface area contributed by atoms with Gasteiger partial charge in [0.25, 0.3) is 5.09 Å². The Morgan fingerprint density at radius 3 is 2.57 bits per heavy atom. The Balaban J connectivity index is 1.98. The first-order valence-corrected chi connectivity index (χ1v) is 11.8. The third-order valence-electron chi connectivity index (χ3n) is 4.24. The number of nitrogens with zero attached hydrogens (tertiary/aromatic N) is 1. The summed E-state index contributed by atoms with van der Waals surface area (Å²) in [5.74, 6) is -1.10. The average molecular weight is 529 g/mol. The lowest BCUT2D eigenvalue weighted by atomic mass is 10.2. The van der Waals surface area contributed by atoms with Gasteiger partial charge < -0.3 is 19.0 Å². The first kappa shape index (κ1) is 27.6. The summed E-state index contributed by atoms with van der Waals surface area (Å²) in [6.07, 6.45) is 3.32. The molecule has 0 saturated carbocycles. The highest BCUT2D eigenvalue weighted by atomic mass is 35.5. The van der Waals surface area contributed by atoms with Gasteiger partial charge in [0, 0.05) is 6.42 Å². The number of sulfonamides is 1. The molecule has 0 fully saturated rings. The van der Waals surface area contributed by atoms with E-state index in [1.807, 2.05) is 0 Å². The predicted molar refractivity (Wildman–Crippen MR) is 123 cm³/mol. The van der Waals surface area contributed by atoms with Crippen LogP contribution in [0, 0.1) is 10.1 Å². The van der Waals surface area contributed by atoms with Gasteiger partial charge in [-0.15, -0.1) is 10.1 Å². The van der Waals surface area contributed by atoms with E-state index in [-0.39, 0.29) is 48.1 Å². The SMILES string of the molecule is COc1cc(/C=C/COC(=O)CCCO[N+](=O)[O-])ccc1OC(=O)c1ccc(Cl)c(S(N)(=O)=O)c1. The van der Waals surface area contributed by atoms with Gasteiger partial charge in [-0.3, -0.25) is 4.79 Å². The second kappa shape index (κ2) is 12.7. The summed E-state index contributed by atoms with van der Waals surface area (Å²) in [7, 11) is -2.77. The van der Waals surface area contributed by atoms with Crippen LogP contribution in [0.25, 0.3) is 6.08 Å². The topological polar surface area (TPSA) is 174 Å². The number of benzene rings is 2. The van der Waals surface area contributed by atoms with Crippen LogP contribution in [0.2, 0.25) is 5.02 Å². The van der Waals surface area contributed by atoms with Crippen molar-refractivity contribution >= 4 is 39.6 Å². The van der Waals surface area contributed by atoms with Crippen LogP contribution < -0.4 is 14.6 Å². The molecule has 0 spiro atoms. The van der Waals surface area contributed by atoms with Crippen molar-refractivity contribution in [3.8, 4) is 11.5 Å². The molecular formula is C21H21ClN2O10S. The van der Waals surface area contributed by atoms with Crippen LogP contribution >= 0.6 is 11.6 Å². The highest BCUT2D eigenvalue weighted by Gasteiger charge is 2.19. The molecule has 35 heavy (non-hydrogen) atoms. The molecule has 2 rings (SSSR count). The van der Waals surface area contributed by atoms with E-state index in [2.05, 4.69) is 4.84 Å². The standard InChI is InChI=1S/C21H21ClN2O10S/c1-31-18-12-14(4-2-10-32-20(25)5-3-11-33-24(27)28)6-9-17(18)34-21(26)15-7-8-16(22)19(13-15)35(23,29)30/h2,4,6-9,12-13H,3,5,10-11H2,1H3,(H2,23,29,30)/b4-2+. The summed E-state index contributed by atoms with van der Waals surface area (Å²) >= 11 is 5.83. The van der Waals surface area contributed by atoms with Gasteiger partial charge in [-0.25, -0.2) is 18.4 Å². The van der Waals surface area contributed by atoms with Crippen molar-refractivity contribution in [1.29, 1.82) is 0 Å². The Morgan fingerprint density at radius 1 is 1.17 bits per heavy atom. The van der Waals surface area contributed by atoms with Crippen molar-refractivity contribution in [3.05, 3.63) is 68.7 Å². The summed E-state index contributed by atoms with van der Waals surface area (Å²) < 4.78 is 38.8. The van der Waals surface area contributed by atoms with Gasteiger partial charge in [-0.05, 0) is 48.4 Å². The molecule has 0 amide bonds. The van der Waals surface area contributed by atoms with Crippen LogP contribution in [0.3, 0.4) is 0 Å². The van der Waals surface area contributed by atoms with Crippen LogP contribution in [0.5, 0.6) is 11.5 Å². The second-order valence-corrected chi connectivity index (χ2v) is 8.67. The van der Waals surface area contributed by atoms with E-state index in [0.29, 0.717) is 5.56 Å². The fourth-order valence-corrected chi connectivity index (χ4v) is 3.70. The number of carbonyl (C=O) groups is 2. The summed E-state index contributed by atoms with van der Waals surface area (Å²) in [6, 6.07) is 8.16. The first-order chi connectivity index (χ1) is 16.5. The zero-order valence-electron chi connectivity index (χ0n) is 18.3. The molecule has 0 saturated heterocycles. The van der Waals surface area contributed by atoms with Gasteiger partial charge in [-0.1, -0.05) is 23.7 Å². The number of hydrogen-bond acceptors (Lipinski definition) is 10. The van der Waals surface area contributed by atoms with Gasteiger partial charge >= 0.3 is 11.9 Å². The van der Waals surface area contributed by atoms with E-state index in [9.17, 15) is 28.1 Å². The largest absolute Gasteiger partial charge is 0.493 e. The molecule has 0 radical (unpaired) electrons. The lowest BCUT2D eigenvalue weighted by molar-refractivity contribution is -0.757. The molecule has 2 N–H and O–H groups in total. The first-order valence-electron chi connectivity index (χ1n) is 9.83. The van der Waals surface area contributed by atoms with Gasteiger partial charge in [0.15, 0.2) is 11.5 Å². The maximum atomic E-state index is 12.5. The number of primary sulfonamides is 1. The number of hydrogen-bond donors (Lipinski definition) is 1. The number of rotatable bonds is 12. The Morgan fingerprint density at radius 2 is 1.91 bits per heavy atom. The zero-order valence-corrected chi connectivity index (χ0v) is 19.9. The molecule has 14 heteroatoms. The van der Waals surface area contributed by atoms with Crippen molar-refractivity contribution in [2.75, 3.05) is 20.3 Å². The molecule has 0 aromatic heterocycles. The summed E-state index contributed by atoms with van der Waals surface area (Å²) in [6.45, 7) is -0.225. The van der Waals surface area contributed by atoms with Crippen molar-refractivity contribution in [3.63, 3.8) is 0 Å². The molecule has 0 heterocycles.